The maximum absolute atomic E-state index is 12.9. The molecule has 1 aliphatic rings. The highest BCUT2D eigenvalue weighted by Gasteiger charge is 2.36. The fourth-order valence-corrected chi connectivity index (χ4v) is 5.13. The summed E-state index contributed by atoms with van der Waals surface area (Å²) in [5.41, 5.74) is 0. The van der Waals surface area contributed by atoms with Gasteiger partial charge in [0.1, 0.15) is 38.0 Å². The van der Waals surface area contributed by atoms with E-state index in [1.165, 1.54) is 51.4 Å². The molecule has 0 saturated carbocycles. The minimum atomic E-state index is -4.29. The van der Waals surface area contributed by atoms with Gasteiger partial charge in [-0.2, -0.15) is 8.42 Å². The first-order valence-electron chi connectivity index (χ1n) is 13.6. The Morgan fingerprint density at radius 2 is 1.57 bits per heavy atom. The Kier molecular flexibility index (Phi) is 17.1. The molecular weight excluding hydrogens is 468 g/mol. The van der Waals surface area contributed by atoms with Crippen molar-refractivity contribution >= 4 is 21.7 Å². The SMILES string of the molecule is CCCCCCCCC/C=C/CCCCCCC(=O)C1=[N+](CC(O)CS(=O)(=O)O)CCN1CCO. The third-order valence-electron chi connectivity index (χ3n) is 6.36. The van der Waals surface area contributed by atoms with Crippen LogP contribution in [0.3, 0.4) is 0 Å². The molecule has 0 bridgehead atoms. The molecule has 204 valence electrons. The number of aliphatic hydroxyl groups excluding tert-OH is 2. The molecule has 35 heavy (non-hydrogen) atoms. The predicted octanol–water partition coefficient (Wildman–Crippen LogP) is 3.56. The zero-order valence-corrected chi connectivity index (χ0v) is 22.6. The van der Waals surface area contributed by atoms with Crippen LogP contribution in [0.4, 0.5) is 0 Å². The van der Waals surface area contributed by atoms with E-state index in [-0.39, 0.29) is 18.9 Å². The number of carbonyl (C=O) groups excluding carboxylic acids is 1. The molecule has 0 radical (unpaired) electrons. The fraction of sp³-hybridized carbons (Fsp3) is 0.846. The summed E-state index contributed by atoms with van der Waals surface area (Å²) in [6.45, 7) is 3.42. The summed E-state index contributed by atoms with van der Waals surface area (Å²) in [5, 5.41) is 19.3. The molecular formula is C26H49N2O6S+. The maximum Gasteiger partial charge on any atom is 0.316 e. The topological polar surface area (TPSA) is 118 Å². The van der Waals surface area contributed by atoms with Crippen molar-refractivity contribution in [3.8, 4) is 0 Å². The predicted molar refractivity (Wildman–Crippen MR) is 141 cm³/mol. The van der Waals surface area contributed by atoms with Crippen LogP contribution in [0.15, 0.2) is 12.2 Å². The second kappa shape index (κ2) is 18.9. The molecule has 0 amide bonds. The third-order valence-corrected chi connectivity index (χ3v) is 7.16. The second-order valence-corrected chi connectivity index (χ2v) is 11.1. The average Bonchev–Trinajstić information content (AvgIpc) is 3.17. The van der Waals surface area contributed by atoms with Crippen molar-refractivity contribution in [2.24, 2.45) is 0 Å². The molecule has 0 spiro atoms. The number of hydrogen-bond donors (Lipinski definition) is 3. The van der Waals surface area contributed by atoms with Crippen molar-refractivity contribution in [1.29, 1.82) is 0 Å². The van der Waals surface area contributed by atoms with E-state index < -0.39 is 22.0 Å². The van der Waals surface area contributed by atoms with Crippen LogP contribution in [-0.4, -0.2) is 88.9 Å². The van der Waals surface area contributed by atoms with Crippen LogP contribution >= 0.6 is 0 Å². The number of unbranched alkanes of at least 4 members (excludes halogenated alkanes) is 11. The Labute approximate surface area is 212 Å². The van der Waals surface area contributed by atoms with Crippen molar-refractivity contribution in [1.82, 2.24) is 4.90 Å². The number of β-amino-alcohol motifs (C(OH)–C–C–N with tert-alkyl or cyclic N) is 2. The number of Topliss-reactive ketones (excluding diaryl/α,β-unsaturated/α-hetero) is 1. The molecule has 0 saturated heterocycles. The van der Waals surface area contributed by atoms with Gasteiger partial charge >= 0.3 is 5.84 Å². The van der Waals surface area contributed by atoms with Crippen molar-refractivity contribution in [2.75, 3.05) is 38.5 Å². The molecule has 1 heterocycles. The van der Waals surface area contributed by atoms with Gasteiger partial charge in [-0.15, -0.1) is 0 Å². The summed E-state index contributed by atoms with van der Waals surface area (Å²) >= 11 is 0. The van der Waals surface area contributed by atoms with Gasteiger partial charge in [0.25, 0.3) is 10.1 Å². The highest BCUT2D eigenvalue weighted by atomic mass is 32.2. The van der Waals surface area contributed by atoms with Gasteiger partial charge in [-0.3, -0.25) is 18.8 Å². The summed E-state index contributed by atoms with van der Waals surface area (Å²) in [4.78, 5) is 14.7. The summed E-state index contributed by atoms with van der Waals surface area (Å²) in [5.74, 6) is -0.385. The highest BCUT2D eigenvalue weighted by molar-refractivity contribution is 7.85. The first kappa shape index (κ1) is 31.7. The molecule has 9 heteroatoms. The largest absolute Gasteiger partial charge is 0.392 e. The molecule has 0 aromatic heterocycles. The zero-order valence-electron chi connectivity index (χ0n) is 21.7. The van der Waals surface area contributed by atoms with Crippen LogP contribution in [0.1, 0.15) is 96.8 Å². The summed E-state index contributed by atoms with van der Waals surface area (Å²) in [7, 11) is -4.29. The van der Waals surface area contributed by atoms with E-state index in [1.54, 1.807) is 9.48 Å². The quantitative estimate of drug-likeness (QED) is 0.0870. The van der Waals surface area contributed by atoms with Gasteiger partial charge in [0.2, 0.25) is 5.78 Å². The Morgan fingerprint density at radius 3 is 2.14 bits per heavy atom. The number of hydrogen-bond acceptors (Lipinski definition) is 6. The number of carbonyl (C=O) groups is 1. The molecule has 1 unspecified atom stereocenters. The van der Waals surface area contributed by atoms with Crippen LogP contribution < -0.4 is 0 Å². The van der Waals surface area contributed by atoms with Crippen molar-refractivity contribution in [3.05, 3.63) is 12.2 Å². The minimum Gasteiger partial charge on any atom is -0.392 e. The van der Waals surface area contributed by atoms with Crippen LogP contribution in [0.2, 0.25) is 0 Å². The van der Waals surface area contributed by atoms with Crippen molar-refractivity contribution in [3.63, 3.8) is 0 Å². The van der Waals surface area contributed by atoms with E-state index in [2.05, 4.69) is 19.1 Å². The number of rotatable bonds is 22. The number of nitrogens with zero attached hydrogens (tertiary/aromatic N) is 2. The van der Waals surface area contributed by atoms with E-state index in [0.717, 1.165) is 32.1 Å². The Bertz CT molecular complexity index is 751. The molecule has 0 aromatic rings. The van der Waals surface area contributed by atoms with E-state index in [9.17, 15) is 23.4 Å². The Balaban J connectivity index is 2.28. The third kappa shape index (κ3) is 15.4. The lowest BCUT2D eigenvalue weighted by atomic mass is 10.1. The molecule has 0 aromatic carbocycles. The van der Waals surface area contributed by atoms with Gasteiger partial charge in [0.05, 0.1) is 6.61 Å². The smallest absolute Gasteiger partial charge is 0.316 e. The maximum atomic E-state index is 12.9. The number of amidine groups is 1. The molecule has 1 rings (SSSR count). The minimum absolute atomic E-state index is 0.0476. The molecule has 8 nitrogen and oxygen atoms in total. The zero-order chi connectivity index (χ0) is 25.9. The van der Waals surface area contributed by atoms with Gasteiger partial charge in [-0.05, 0) is 32.1 Å². The summed E-state index contributed by atoms with van der Waals surface area (Å²) < 4.78 is 32.7. The lowest BCUT2D eigenvalue weighted by Crippen LogP contribution is -2.40. The molecule has 1 aliphatic heterocycles. The van der Waals surface area contributed by atoms with Crippen LogP contribution in [0.25, 0.3) is 0 Å². The van der Waals surface area contributed by atoms with Gasteiger partial charge in [0.15, 0.2) is 0 Å². The monoisotopic (exact) mass is 517 g/mol. The number of ketones is 1. The first-order valence-corrected chi connectivity index (χ1v) is 15.2. The van der Waals surface area contributed by atoms with Crippen LogP contribution in [-0.2, 0) is 14.9 Å². The molecule has 0 aliphatic carbocycles. The number of aliphatic hydroxyl groups is 2. The van der Waals surface area contributed by atoms with Gasteiger partial charge in [0, 0.05) is 6.42 Å². The van der Waals surface area contributed by atoms with E-state index >= 15 is 0 Å². The van der Waals surface area contributed by atoms with Gasteiger partial charge in [-0.25, -0.2) is 0 Å². The molecule has 1 atom stereocenters. The first-order chi connectivity index (χ1) is 16.8. The average molecular weight is 518 g/mol. The number of allylic oxidation sites excluding steroid dienone is 2. The van der Waals surface area contributed by atoms with E-state index in [0.29, 0.717) is 31.9 Å². The Morgan fingerprint density at radius 1 is 1.00 bits per heavy atom. The van der Waals surface area contributed by atoms with E-state index in [4.69, 9.17) is 4.55 Å². The van der Waals surface area contributed by atoms with Crippen LogP contribution in [0, 0.1) is 0 Å². The summed E-state index contributed by atoms with van der Waals surface area (Å²) in [6, 6.07) is 0. The van der Waals surface area contributed by atoms with Crippen molar-refractivity contribution in [2.45, 2.75) is 103 Å². The summed E-state index contributed by atoms with van der Waals surface area (Å²) in [6.07, 6.45) is 19.2. The van der Waals surface area contributed by atoms with Crippen molar-refractivity contribution < 1.29 is 32.6 Å². The highest BCUT2D eigenvalue weighted by Crippen LogP contribution is 2.12. The van der Waals surface area contributed by atoms with Crippen LogP contribution in [0.5, 0.6) is 0 Å². The Hall–Kier alpha value is -1.29. The second-order valence-electron chi connectivity index (χ2n) is 9.64. The molecule has 0 fully saturated rings. The van der Waals surface area contributed by atoms with Gasteiger partial charge < -0.3 is 10.2 Å². The van der Waals surface area contributed by atoms with E-state index in [1.807, 2.05) is 0 Å². The lowest BCUT2D eigenvalue weighted by molar-refractivity contribution is -0.525. The lowest BCUT2D eigenvalue weighted by Gasteiger charge is -2.13. The fourth-order valence-electron chi connectivity index (χ4n) is 4.54. The molecule has 3 N–H and O–H groups in total. The van der Waals surface area contributed by atoms with Gasteiger partial charge in [-0.1, -0.05) is 70.4 Å². The normalized spacial score (nSPS) is 15.5. The standard InChI is InChI=1S/C26H48N2O6S/c1-2-3-4-5-6-7-8-9-10-11-12-13-14-15-16-17-25(31)26-27(20-21-29)18-19-28(26)22-24(30)23-35(32,33)34/h10-11,24,29-30H,2-9,12-23H2,1H3/p+1/b11-10+.